The quantitative estimate of drug-likeness (QED) is 0.598. The average Bonchev–Trinajstić information content (AvgIpc) is 3.43. The van der Waals surface area contributed by atoms with Crippen LogP contribution in [0.25, 0.3) is 10.4 Å². The number of nitrogens with zero attached hydrogens (tertiary/aromatic N) is 2. The van der Waals surface area contributed by atoms with Crippen LogP contribution >= 0.6 is 11.3 Å². The maximum Gasteiger partial charge on any atom is 0.307 e. The van der Waals surface area contributed by atoms with Crippen molar-refractivity contribution in [2.45, 2.75) is 24.8 Å². The average molecular weight is 427 g/mol. The summed E-state index contributed by atoms with van der Waals surface area (Å²) < 4.78 is 19.1. The van der Waals surface area contributed by atoms with Crippen molar-refractivity contribution in [2.24, 2.45) is 5.92 Å². The second-order valence-corrected chi connectivity index (χ2v) is 8.42. The summed E-state index contributed by atoms with van der Waals surface area (Å²) in [6.07, 6.45) is 3.13. The minimum atomic E-state index is -0.814. The predicted molar refractivity (Wildman–Crippen MR) is 116 cm³/mol. The Morgan fingerprint density at radius 3 is 2.63 bits per heavy atom. The normalized spacial score (nSPS) is 20.8. The largest absolute Gasteiger partial charge is 0.495 e. The summed E-state index contributed by atoms with van der Waals surface area (Å²) in [6.45, 7) is 0. The number of carbonyl (C=O) groups is 1. The number of likely N-dealkylation sites (N-methyl/N-ethyl adjacent to an activating group) is 1. The minimum Gasteiger partial charge on any atom is -0.495 e. The highest BCUT2D eigenvalue weighted by Crippen LogP contribution is 2.45. The Morgan fingerprint density at radius 2 is 2.00 bits per heavy atom. The van der Waals surface area contributed by atoms with Gasteiger partial charge in [-0.15, -0.1) is 11.3 Å². The second-order valence-electron chi connectivity index (χ2n) is 7.53. The van der Waals surface area contributed by atoms with Gasteiger partial charge in [0, 0.05) is 25.2 Å². The molecule has 3 unspecified atom stereocenters. The molecule has 7 heteroatoms. The number of hydrogen-bond acceptors (Lipinski definition) is 5. The Morgan fingerprint density at radius 1 is 1.23 bits per heavy atom. The topological polar surface area (TPSA) is 62.7 Å². The SMILES string of the molecule is COc1ccc(-c2cncs2)cc1N(C)C1CCC(C(=O)O)C1c1ccc(F)cc1. The summed E-state index contributed by atoms with van der Waals surface area (Å²) in [6, 6.07) is 12.1. The first-order valence-corrected chi connectivity index (χ1v) is 10.7. The number of carboxylic acid groups (broad SMARTS) is 1. The molecule has 0 saturated heterocycles. The molecule has 1 aliphatic carbocycles. The molecule has 0 radical (unpaired) electrons. The van der Waals surface area contributed by atoms with Crippen molar-refractivity contribution in [3.63, 3.8) is 0 Å². The van der Waals surface area contributed by atoms with E-state index in [0.717, 1.165) is 33.9 Å². The molecule has 0 amide bonds. The van der Waals surface area contributed by atoms with E-state index in [0.29, 0.717) is 6.42 Å². The molecule has 3 aromatic rings. The van der Waals surface area contributed by atoms with E-state index in [4.69, 9.17) is 4.74 Å². The lowest BCUT2D eigenvalue weighted by Gasteiger charge is -2.34. The fourth-order valence-corrected chi connectivity index (χ4v) is 5.10. The van der Waals surface area contributed by atoms with Gasteiger partial charge in [0.1, 0.15) is 11.6 Å². The standard InChI is InChI=1S/C23H23FN2O3S/c1-26(19-11-15(5-10-20(19)29-2)21-12-25-13-30-21)18-9-8-17(23(27)28)22(18)14-3-6-16(24)7-4-14/h3-7,10-13,17-18,22H,8-9H2,1-2H3,(H,27,28). The number of hydrogen-bond donors (Lipinski definition) is 1. The molecule has 1 fully saturated rings. The second kappa shape index (κ2) is 8.44. The van der Waals surface area contributed by atoms with E-state index < -0.39 is 11.9 Å². The molecule has 1 N–H and O–H groups in total. The summed E-state index contributed by atoms with van der Waals surface area (Å²) >= 11 is 1.56. The molecule has 5 nitrogen and oxygen atoms in total. The van der Waals surface area contributed by atoms with Crippen LogP contribution in [-0.4, -0.2) is 36.3 Å². The number of anilines is 1. The number of thiazole rings is 1. The number of aromatic nitrogens is 1. The summed E-state index contributed by atoms with van der Waals surface area (Å²) in [5.41, 5.74) is 4.57. The maximum absolute atomic E-state index is 13.5. The molecular formula is C23H23FN2O3S. The smallest absolute Gasteiger partial charge is 0.307 e. The first-order chi connectivity index (χ1) is 14.5. The van der Waals surface area contributed by atoms with Crippen LogP contribution in [0.1, 0.15) is 24.3 Å². The molecule has 1 heterocycles. The molecule has 156 valence electrons. The van der Waals surface area contributed by atoms with E-state index in [1.165, 1.54) is 12.1 Å². The van der Waals surface area contributed by atoms with Gasteiger partial charge in [-0.3, -0.25) is 9.78 Å². The van der Waals surface area contributed by atoms with Crippen molar-refractivity contribution in [3.8, 4) is 16.2 Å². The number of aliphatic carboxylic acids is 1. The van der Waals surface area contributed by atoms with Crippen LogP contribution in [-0.2, 0) is 4.79 Å². The predicted octanol–water partition coefficient (Wildman–Crippen LogP) is 5.04. The van der Waals surface area contributed by atoms with Gasteiger partial charge in [-0.1, -0.05) is 12.1 Å². The molecule has 1 aromatic heterocycles. The highest BCUT2D eigenvalue weighted by atomic mass is 32.1. The maximum atomic E-state index is 13.5. The molecule has 30 heavy (non-hydrogen) atoms. The van der Waals surface area contributed by atoms with Crippen molar-refractivity contribution >= 4 is 23.0 Å². The van der Waals surface area contributed by atoms with Gasteiger partial charge in [-0.2, -0.15) is 0 Å². The zero-order chi connectivity index (χ0) is 21.3. The Labute approximate surface area is 178 Å². The molecule has 3 atom stereocenters. The van der Waals surface area contributed by atoms with E-state index in [1.54, 1.807) is 36.1 Å². The first-order valence-electron chi connectivity index (χ1n) is 9.77. The Balaban J connectivity index is 1.73. The van der Waals surface area contributed by atoms with E-state index in [-0.39, 0.29) is 17.8 Å². The Kier molecular flexibility index (Phi) is 5.72. The summed E-state index contributed by atoms with van der Waals surface area (Å²) in [5.74, 6) is -1.18. The number of halogens is 1. The number of ether oxygens (including phenoxy) is 1. The van der Waals surface area contributed by atoms with Crippen molar-refractivity contribution in [2.75, 3.05) is 19.1 Å². The highest BCUT2D eigenvalue weighted by Gasteiger charge is 2.43. The van der Waals surface area contributed by atoms with E-state index in [9.17, 15) is 14.3 Å². The number of carboxylic acids is 1. The third kappa shape index (κ3) is 3.77. The zero-order valence-corrected chi connectivity index (χ0v) is 17.6. The third-order valence-corrected chi connectivity index (χ3v) is 6.79. The van der Waals surface area contributed by atoms with Crippen molar-refractivity contribution in [1.29, 1.82) is 0 Å². The Bertz CT molecular complexity index is 1020. The monoisotopic (exact) mass is 426 g/mol. The molecule has 1 saturated carbocycles. The molecule has 2 aromatic carbocycles. The van der Waals surface area contributed by atoms with Gasteiger partial charge in [-0.05, 0) is 54.3 Å². The fourth-order valence-electron chi connectivity index (χ4n) is 4.48. The fraction of sp³-hybridized carbons (Fsp3) is 0.304. The lowest BCUT2D eigenvalue weighted by molar-refractivity contribution is -0.142. The van der Waals surface area contributed by atoms with Gasteiger partial charge in [0.05, 0.1) is 29.1 Å². The van der Waals surface area contributed by atoms with Crippen molar-refractivity contribution < 1.29 is 19.0 Å². The van der Waals surface area contributed by atoms with E-state index in [2.05, 4.69) is 16.0 Å². The molecule has 0 bridgehead atoms. The first kappa shape index (κ1) is 20.3. The molecular weight excluding hydrogens is 403 g/mol. The third-order valence-electron chi connectivity index (χ3n) is 5.97. The zero-order valence-electron chi connectivity index (χ0n) is 16.8. The summed E-state index contributed by atoms with van der Waals surface area (Å²) in [4.78, 5) is 19.3. The van der Waals surface area contributed by atoms with Crippen LogP contribution in [0.15, 0.2) is 54.2 Å². The van der Waals surface area contributed by atoms with Crippen molar-refractivity contribution in [1.82, 2.24) is 4.98 Å². The lowest BCUT2D eigenvalue weighted by Crippen LogP contribution is -2.36. The number of rotatable bonds is 6. The molecule has 1 aliphatic rings. The molecule has 4 rings (SSSR count). The van der Waals surface area contributed by atoms with Crippen LogP contribution in [0.5, 0.6) is 5.75 Å². The van der Waals surface area contributed by atoms with Crippen LogP contribution in [0.2, 0.25) is 0 Å². The number of benzene rings is 2. The van der Waals surface area contributed by atoms with Crippen LogP contribution in [0, 0.1) is 11.7 Å². The van der Waals surface area contributed by atoms with Gasteiger partial charge in [0.2, 0.25) is 0 Å². The van der Waals surface area contributed by atoms with Gasteiger partial charge < -0.3 is 14.7 Å². The summed E-state index contributed by atoms with van der Waals surface area (Å²) in [7, 11) is 3.60. The van der Waals surface area contributed by atoms with E-state index >= 15 is 0 Å². The lowest BCUT2D eigenvalue weighted by atomic mass is 9.86. The molecule has 0 spiro atoms. The van der Waals surface area contributed by atoms with Crippen LogP contribution in [0.4, 0.5) is 10.1 Å². The van der Waals surface area contributed by atoms with Gasteiger partial charge >= 0.3 is 5.97 Å². The summed E-state index contributed by atoms with van der Waals surface area (Å²) in [5, 5.41) is 9.82. The van der Waals surface area contributed by atoms with Gasteiger partial charge in [0.15, 0.2) is 0 Å². The van der Waals surface area contributed by atoms with Gasteiger partial charge in [0.25, 0.3) is 0 Å². The van der Waals surface area contributed by atoms with E-state index in [1.807, 2.05) is 25.4 Å². The van der Waals surface area contributed by atoms with Gasteiger partial charge in [-0.25, -0.2) is 4.39 Å². The van der Waals surface area contributed by atoms with Crippen LogP contribution < -0.4 is 9.64 Å². The van der Waals surface area contributed by atoms with Crippen molar-refractivity contribution in [3.05, 3.63) is 65.6 Å². The Hall–Kier alpha value is -2.93. The molecule has 0 aliphatic heterocycles. The number of methoxy groups -OCH3 is 1. The highest BCUT2D eigenvalue weighted by molar-refractivity contribution is 7.13. The minimum absolute atomic E-state index is 0.0535. The van der Waals surface area contributed by atoms with Crippen LogP contribution in [0.3, 0.4) is 0 Å².